The molecule has 1 aliphatic carbocycles. The first-order valence-electron chi connectivity index (χ1n) is 8.61. The molecule has 1 saturated carbocycles. The average molecular weight is 386 g/mol. The number of carbonyl (C=O) groups is 3. The van der Waals surface area contributed by atoms with Crippen molar-refractivity contribution in [2.24, 2.45) is 11.8 Å². The van der Waals surface area contributed by atoms with Gasteiger partial charge >= 0.3 is 12.1 Å². The Labute approximate surface area is 154 Å². The van der Waals surface area contributed by atoms with Crippen LogP contribution in [0.1, 0.15) is 43.0 Å². The fourth-order valence-electron chi connectivity index (χ4n) is 3.12. The number of carboxylic acid groups (broad SMARTS) is 1. The highest BCUT2D eigenvalue weighted by Gasteiger charge is 2.48. The molecule has 148 valence electrons. The summed E-state index contributed by atoms with van der Waals surface area (Å²) >= 11 is 0. The van der Waals surface area contributed by atoms with Gasteiger partial charge in [0.05, 0.1) is 5.92 Å². The van der Waals surface area contributed by atoms with Gasteiger partial charge < -0.3 is 15.7 Å². The molecule has 9 heteroatoms. The van der Waals surface area contributed by atoms with Crippen LogP contribution in [0.5, 0.6) is 0 Å². The molecule has 3 atom stereocenters. The monoisotopic (exact) mass is 386 g/mol. The maximum absolute atomic E-state index is 13.1. The molecule has 3 unspecified atom stereocenters. The molecular formula is C18H21F3N2O4. The first kappa shape index (κ1) is 20.7. The summed E-state index contributed by atoms with van der Waals surface area (Å²) in [5, 5.41) is 13.5. The van der Waals surface area contributed by atoms with E-state index in [1.54, 1.807) is 0 Å². The van der Waals surface area contributed by atoms with Gasteiger partial charge in [0.1, 0.15) is 6.04 Å². The Bertz CT molecular complexity index is 704. The van der Waals surface area contributed by atoms with E-state index in [0.29, 0.717) is 12.8 Å². The van der Waals surface area contributed by atoms with Crippen molar-refractivity contribution in [3.8, 4) is 0 Å². The van der Waals surface area contributed by atoms with Crippen LogP contribution in [0, 0.1) is 11.8 Å². The predicted molar refractivity (Wildman–Crippen MR) is 91.1 cm³/mol. The fourth-order valence-corrected chi connectivity index (χ4v) is 3.12. The number of halogens is 3. The number of alkyl halides is 3. The molecule has 1 aliphatic rings. The maximum Gasteiger partial charge on any atom is 0.392 e. The maximum atomic E-state index is 13.1. The van der Waals surface area contributed by atoms with Gasteiger partial charge in [-0.25, -0.2) is 0 Å². The molecule has 0 aromatic heterocycles. The summed E-state index contributed by atoms with van der Waals surface area (Å²) in [6.07, 6.45) is -3.25. The molecule has 1 aromatic carbocycles. The van der Waals surface area contributed by atoms with Gasteiger partial charge in [-0.1, -0.05) is 12.8 Å². The minimum Gasteiger partial charge on any atom is -0.480 e. The van der Waals surface area contributed by atoms with Crippen LogP contribution < -0.4 is 10.6 Å². The lowest BCUT2D eigenvalue weighted by Crippen LogP contribution is -2.39. The van der Waals surface area contributed by atoms with Crippen molar-refractivity contribution >= 4 is 23.5 Å². The van der Waals surface area contributed by atoms with Crippen molar-refractivity contribution < 1.29 is 32.7 Å². The summed E-state index contributed by atoms with van der Waals surface area (Å²) in [6, 6.07) is 4.44. The van der Waals surface area contributed by atoms with Crippen LogP contribution in [0.2, 0.25) is 0 Å². The SMILES string of the molecule is CC(NC(=O)c1ccc(NC(=O)C2CCCCC2C(F)(F)F)cc1)C(=O)O. The Morgan fingerprint density at radius 2 is 1.70 bits per heavy atom. The van der Waals surface area contributed by atoms with Gasteiger partial charge in [-0.3, -0.25) is 14.4 Å². The van der Waals surface area contributed by atoms with Gasteiger partial charge in [-0.05, 0) is 44.0 Å². The minimum atomic E-state index is -4.41. The van der Waals surface area contributed by atoms with E-state index in [9.17, 15) is 27.6 Å². The molecule has 6 nitrogen and oxygen atoms in total. The highest BCUT2D eigenvalue weighted by molar-refractivity contribution is 5.97. The zero-order valence-electron chi connectivity index (χ0n) is 14.7. The van der Waals surface area contributed by atoms with Crippen LogP contribution in [0.3, 0.4) is 0 Å². The minimum absolute atomic E-state index is 0.0531. The van der Waals surface area contributed by atoms with Crippen LogP contribution in [0.4, 0.5) is 18.9 Å². The van der Waals surface area contributed by atoms with Gasteiger partial charge in [-0.2, -0.15) is 13.2 Å². The van der Waals surface area contributed by atoms with Gasteiger partial charge in [0, 0.05) is 17.2 Å². The zero-order chi connectivity index (χ0) is 20.2. The topological polar surface area (TPSA) is 95.5 Å². The van der Waals surface area contributed by atoms with E-state index in [-0.39, 0.29) is 24.1 Å². The predicted octanol–water partition coefficient (Wildman–Crippen LogP) is 3.20. The van der Waals surface area contributed by atoms with Crippen molar-refractivity contribution in [3.05, 3.63) is 29.8 Å². The van der Waals surface area contributed by atoms with E-state index in [0.717, 1.165) is 0 Å². The molecule has 3 N–H and O–H groups in total. The second-order valence-electron chi connectivity index (χ2n) is 6.64. The number of anilines is 1. The number of hydrogen-bond acceptors (Lipinski definition) is 3. The quantitative estimate of drug-likeness (QED) is 0.724. The van der Waals surface area contributed by atoms with Gasteiger partial charge in [0.25, 0.3) is 5.91 Å². The fraction of sp³-hybridized carbons (Fsp3) is 0.500. The summed E-state index contributed by atoms with van der Waals surface area (Å²) in [4.78, 5) is 35.0. The highest BCUT2D eigenvalue weighted by Crippen LogP contribution is 2.41. The molecule has 0 radical (unpaired) electrons. The molecule has 1 fully saturated rings. The standard InChI is InChI=1S/C18H21F3N2O4/c1-10(17(26)27)22-15(24)11-6-8-12(9-7-11)23-16(25)13-4-2-3-5-14(13)18(19,20)21/h6-10,13-14H,2-5H2,1H3,(H,22,24)(H,23,25)(H,26,27). The molecule has 0 aliphatic heterocycles. The number of aliphatic carboxylic acids is 1. The lowest BCUT2D eigenvalue weighted by Gasteiger charge is -2.32. The largest absolute Gasteiger partial charge is 0.480 e. The van der Waals surface area contributed by atoms with Crippen molar-refractivity contribution in [1.29, 1.82) is 0 Å². The third kappa shape index (κ3) is 5.45. The molecule has 2 amide bonds. The first-order valence-corrected chi connectivity index (χ1v) is 8.61. The van der Waals surface area contributed by atoms with Crippen molar-refractivity contribution in [2.45, 2.75) is 44.8 Å². The summed E-state index contributed by atoms with van der Waals surface area (Å²) in [5.41, 5.74) is 0.446. The molecular weight excluding hydrogens is 365 g/mol. The van der Waals surface area contributed by atoms with E-state index >= 15 is 0 Å². The number of nitrogens with one attached hydrogen (secondary N) is 2. The van der Waals surface area contributed by atoms with E-state index in [4.69, 9.17) is 5.11 Å². The molecule has 0 spiro atoms. The number of rotatable bonds is 5. The van der Waals surface area contributed by atoms with Crippen LogP contribution in [0.15, 0.2) is 24.3 Å². The normalized spacial score (nSPS) is 21.2. The zero-order valence-corrected chi connectivity index (χ0v) is 14.7. The molecule has 0 heterocycles. The summed E-state index contributed by atoms with van der Waals surface area (Å²) in [5.74, 6) is -5.24. The second kappa shape index (κ2) is 8.41. The van der Waals surface area contributed by atoms with Crippen LogP contribution in [-0.4, -0.2) is 35.1 Å². The lowest BCUT2D eigenvalue weighted by atomic mass is 9.78. The van der Waals surface area contributed by atoms with Crippen molar-refractivity contribution in [1.82, 2.24) is 5.32 Å². The van der Waals surface area contributed by atoms with Crippen LogP contribution >= 0.6 is 0 Å². The Hall–Kier alpha value is -2.58. The number of amides is 2. The summed E-state index contributed by atoms with van der Waals surface area (Å²) < 4.78 is 39.4. The van der Waals surface area contributed by atoms with Crippen molar-refractivity contribution in [3.63, 3.8) is 0 Å². The first-order chi connectivity index (χ1) is 12.6. The Balaban J connectivity index is 2.02. The lowest BCUT2D eigenvalue weighted by molar-refractivity contribution is -0.197. The Morgan fingerprint density at radius 1 is 1.11 bits per heavy atom. The molecule has 27 heavy (non-hydrogen) atoms. The second-order valence-corrected chi connectivity index (χ2v) is 6.64. The van der Waals surface area contributed by atoms with E-state index in [1.807, 2.05) is 0 Å². The van der Waals surface area contributed by atoms with Crippen LogP contribution in [0.25, 0.3) is 0 Å². The molecule has 1 aromatic rings. The van der Waals surface area contributed by atoms with Gasteiger partial charge in [0.15, 0.2) is 0 Å². The molecule has 2 rings (SSSR count). The number of carbonyl (C=O) groups excluding carboxylic acids is 2. The molecule has 0 bridgehead atoms. The smallest absolute Gasteiger partial charge is 0.392 e. The third-order valence-electron chi connectivity index (χ3n) is 4.66. The summed E-state index contributed by atoms with van der Waals surface area (Å²) in [6.45, 7) is 1.32. The van der Waals surface area contributed by atoms with Crippen molar-refractivity contribution in [2.75, 3.05) is 5.32 Å². The van der Waals surface area contributed by atoms with Gasteiger partial charge in [-0.15, -0.1) is 0 Å². The average Bonchev–Trinajstić information content (AvgIpc) is 2.61. The summed E-state index contributed by atoms with van der Waals surface area (Å²) in [7, 11) is 0. The Kier molecular flexibility index (Phi) is 6.45. The number of hydrogen-bond donors (Lipinski definition) is 3. The number of carboxylic acids is 1. The van der Waals surface area contributed by atoms with E-state index in [2.05, 4.69) is 10.6 Å². The molecule has 0 saturated heterocycles. The highest BCUT2D eigenvalue weighted by atomic mass is 19.4. The third-order valence-corrected chi connectivity index (χ3v) is 4.66. The van der Waals surface area contributed by atoms with Crippen LogP contribution in [-0.2, 0) is 9.59 Å². The van der Waals surface area contributed by atoms with E-state index in [1.165, 1.54) is 31.2 Å². The number of benzene rings is 1. The van der Waals surface area contributed by atoms with Gasteiger partial charge in [0.2, 0.25) is 5.91 Å². The Morgan fingerprint density at radius 3 is 2.26 bits per heavy atom. The van der Waals surface area contributed by atoms with E-state index < -0.39 is 41.8 Å².